The van der Waals surface area contributed by atoms with E-state index in [1.807, 2.05) is 11.8 Å². The first-order chi connectivity index (χ1) is 11.7. The maximum Gasteiger partial charge on any atom is 0.317 e. The van der Waals surface area contributed by atoms with Crippen LogP contribution < -0.4 is 5.32 Å². The van der Waals surface area contributed by atoms with Crippen LogP contribution in [0.4, 0.5) is 4.79 Å². The first kappa shape index (κ1) is 17.6. The van der Waals surface area contributed by atoms with Gasteiger partial charge in [-0.3, -0.25) is 4.79 Å². The van der Waals surface area contributed by atoms with Crippen molar-refractivity contribution in [3.63, 3.8) is 0 Å². The van der Waals surface area contributed by atoms with E-state index in [1.54, 1.807) is 0 Å². The Morgan fingerprint density at radius 3 is 2.62 bits per heavy atom. The van der Waals surface area contributed by atoms with Gasteiger partial charge in [0.2, 0.25) is 0 Å². The second-order valence-electron chi connectivity index (χ2n) is 7.80. The van der Waals surface area contributed by atoms with Crippen LogP contribution in [0.25, 0.3) is 0 Å². The molecule has 3 aliphatic rings. The standard InChI is InChI=1S/C19H32N2O3/c1-2-24-18(22)16-8-5-11-21(13-16)19(23)20-17-10-9-14-6-3-4-7-15(14)12-17/h14-17H,2-13H2,1H3,(H,20,23)/t14-,15+,16+,17+/m0/s1. The molecule has 1 saturated heterocycles. The fourth-order valence-corrected chi connectivity index (χ4v) is 4.88. The van der Waals surface area contributed by atoms with E-state index in [9.17, 15) is 9.59 Å². The highest BCUT2D eigenvalue weighted by molar-refractivity contribution is 5.77. The number of amides is 2. The molecule has 24 heavy (non-hydrogen) atoms. The lowest BCUT2D eigenvalue weighted by atomic mass is 9.69. The van der Waals surface area contributed by atoms with E-state index in [-0.39, 0.29) is 17.9 Å². The number of carbonyl (C=O) groups is 2. The van der Waals surface area contributed by atoms with Crippen LogP contribution in [0.2, 0.25) is 0 Å². The molecule has 0 aromatic heterocycles. The minimum absolute atomic E-state index is 0.0169. The van der Waals surface area contributed by atoms with E-state index in [2.05, 4.69) is 5.32 Å². The number of hydrogen-bond donors (Lipinski definition) is 1. The van der Waals surface area contributed by atoms with E-state index < -0.39 is 0 Å². The summed E-state index contributed by atoms with van der Waals surface area (Å²) in [6.45, 7) is 3.49. The number of rotatable bonds is 3. The smallest absolute Gasteiger partial charge is 0.317 e. The van der Waals surface area contributed by atoms with Gasteiger partial charge in [0.1, 0.15) is 0 Å². The van der Waals surface area contributed by atoms with Gasteiger partial charge < -0.3 is 15.0 Å². The predicted molar refractivity (Wildman–Crippen MR) is 92.5 cm³/mol. The lowest BCUT2D eigenvalue weighted by Crippen LogP contribution is -2.51. The zero-order valence-electron chi connectivity index (χ0n) is 15.0. The molecule has 136 valence electrons. The molecule has 2 amide bonds. The van der Waals surface area contributed by atoms with Crippen molar-refractivity contribution in [2.45, 2.75) is 70.8 Å². The molecule has 0 aromatic carbocycles. The van der Waals surface area contributed by atoms with Crippen molar-refractivity contribution in [1.29, 1.82) is 0 Å². The van der Waals surface area contributed by atoms with Gasteiger partial charge in [-0.2, -0.15) is 0 Å². The van der Waals surface area contributed by atoms with Gasteiger partial charge in [0.25, 0.3) is 0 Å². The Hall–Kier alpha value is -1.26. The third kappa shape index (κ3) is 4.22. The summed E-state index contributed by atoms with van der Waals surface area (Å²) in [6, 6.07) is 0.336. The zero-order valence-corrected chi connectivity index (χ0v) is 15.0. The second-order valence-corrected chi connectivity index (χ2v) is 7.80. The van der Waals surface area contributed by atoms with Crippen LogP contribution in [0, 0.1) is 17.8 Å². The number of carbonyl (C=O) groups excluding carboxylic acids is 2. The lowest BCUT2D eigenvalue weighted by molar-refractivity contribution is -0.149. The molecule has 0 radical (unpaired) electrons. The number of likely N-dealkylation sites (tertiary alicyclic amines) is 1. The summed E-state index contributed by atoms with van der Waals surface area (Å²) in [5, 5.41) is 3.25. The number of nitrogens with one attached hydrogen (secondary N) is 1. The molecule has 0 unspecified atom stereocenters. The molecule has 1 heterocycles. The van der Waals surface area contributed by atoms with Gasteiger partial charge in [-0.1, -0.05) is 25.7 Å². The number of piperidine rings is 1. The molecule has 1 aliphatic heterocycles. The molecule has 3 fully saturated rings. The summed E-state index contributed by atoms with van der Waals surface area (Å²) in [5.41, 5.74) is 0. The van der Waals surface area contributed by atoms with Crippen molar-refractivity contribution >= 4 is 12.0 Å². The minimum Gasteiger partial charge on any atom is -0.466 e. The number of ether oxygens (including phenoxy) is 1. The quantitative estimate of drug-likeness (QED) is 0.804. The van der Waals surface area contributed by atoms with Crippen LogP contribution in [-0.2, 0) is 9.53 Å². The summed E-state index contributed by atoms with van der Waals surface area (Å²) in [5.74, 6) is 1.40. The van der Waals surface area contributed by atoms with E-state index in [0.29, 0.717) is 19.2 Å². The minimum atomic E-state index is -0.155. The summed E-state index contributed by atoms with van der Waals surface area (Å²) in [7, 11) is 0. The molecule has 0 spiro atoms. The Bertz CT molecular complexity index is 454. The summed E-state index contributed by atoms with van der Waals surface area (Å²) >= 11 is 0. The van der Waals surface area contributed by atoms with Crippen molar-refractivity contribution in [3.05, 3.63) is 0 Å². The first-order valence-corrected chi connectivity index (χ1v) is 9.89. The normalized spacial score (nSPS) is 33.5. The molecule has 5 heteroatoms. The average molecular weight is 336 g/mol. The van der Waals surface area contributed by atoms with Gasteiger partial charge in [0.05, 0.1) is 12.5 Å². The van der Waals surface area contributed by atoms with Crippen molar-refractivity contribution in [1.82, 2.24) is 10.2 Å². The zero-order chi connectivity index (χ0) is 16.9. The van der Waals surface area contributed by atoms with E-state index in [1.165, 1.54) is 32.1 Å². The number of fused-ring (bicyclic) bond motifs is 1. The van der Waals surface area contributed by atoms with Crippen molar-refractivity contribution in [2.24, 2.45) is 17.8 Å². The van der Waals surface area contributed by atoms with Crippen LogP contribution >= 0.6 is 0 Å². The molecular formula is C19H32N2O3. The van der Waals surface area contributed by atoms with E-state index in [4.69, 9.17) is 4.74 Å². The van der Waals surface area contributed by atoms with Crippen LogP contribution in [0.1, 0.15) is 64.7 Å². The number of hydrogen-bond acceptors (Lipinski definition) is 3. The Kier molecular flexibility index (Phi) is 6.01. The lowest BCUT2D eigenvalue weighted by Gasteiger charge is -2.40. The third-order valence-electron chi connectivity index (χ3n) is 6.20. The molecule has 2 saturated carbocycles. The van der Waals surface area contributed by atoms with Crippen LogP contribution in [0.3, 0.4) is 0 Å². The summed E-state index contributed by atoms with van der Waals surface area (Å²) < 4.78 is 5.12. The van der Waals surface area contributed by atoms with Gasteiger partial charge in [-0.25, -0.2) is 4.79 Å². The average Bonchev–Trinajstić information content (AvgIpc) is 2.62. The number of urea groups is 1. The highest BCUT2D eigenvalue weighted by Crippen LogP contribution is 2.40. The van der Waals surface area contributed by atoms with Gasteiger partial charge >= 0.3 is 12.0 Å². The second kappa shape index (κ2) is 8.21. The molecule has 3 rings (SSSR count). The van der Waals surface area contributed by atoms with E-state index >= 15 is 0 Å². The van der Waals surface area contributed by atoms with Crippen LogP contribution in [0.5, 0.6) is 0 Å². The molecule has 4 atom stereocenters. The predicted octanol–water partition coefficient (Wildman–Crippen LogP) is 3.33. The van der Waals surface area contributed by atoms with Gasteiger partial charge in [0.15, 0.2) is 0 Å². The van der Waals surface area contributed by atoms with Crippen LogP contribution in [-0.4, -0.2) is 42.6 Å². The maximum atomic E-state index is 12.6. The highest BCUT2D eigenvalue weighted by Gasteiger charge is 2.34. The molecule has 0 bridgehead atoms. The third-order valence-corrected chi connectivity index (χ3v) is 6.20. The van der Waals surface area contributed by atoms with Crippen molar-refractivity contribution in [3.8, 4) is 0 Å². The van der Waals surface area contributed by atoms with Gasteiger partial charge in [0, 0.05) is 19.1 Å². The maximum absolute atomic E-state index is 12.6. The van der Waals surface area contributed by atoms with Gasteiger partial charge in [-0.15, -0.1) is 0 Å². The number of nitrogens with zero attached hydrogens (tertiary/aromatic N) is 1. The molecular weight excluding hydrogens is 304 g/mol. The molecule has 2 aliphatic carbocycles. The largest absolute Gasteiger partial charge is 0.466 e. The van der Waals surface area contributed by atoms with Crippen molar-refractivity contribution in [2.75, 3.05) is 19.7 Å². The molecule has 1 N–H and O–H groups in total. The SMILES string of the molecule is CCOC(=O)[C@@H]1CCCN(C(=O)N[C@@H]2CC[C@@H]3CCCC[C@@H]3C2)C1. The summed E-state index contributed by atoms with van der Waals surface area (Å²) in [4.78, 5) is 26.4. The first-order valence-electron chi connectivity index (χ1n) is 9.89. The van der Waals surface area contributed by atoms with Crippen molar-refractivity contribution < 1.29 is 14.3 Å². The van der Waals surface area contributed by atoms with Crippen LogP contribution in [0.15, 0.2) is 0 Å². The monoisotopic (exact) mass is 336 g/mol. The molecule has 0 aromatic rings. The van der Waals surface area contributed by atoms with Gasteiger partial charge in [-0.05, 0) is 50.9 Å². The Morgan fingerprint density at radius 2 is 1.83 bits per heavy atom. The Balaban J connectivity index is 1.48. The summed E-state index contributed by atoms with van der Waals surface area (Å²) in [6.07, 6.45) is 10.7. The Morgan fingerprint density at radius 1 is 1.04 bits per heavy atom. The fourth-order valence-electron chi connectivity index (χ4n) is 4.88. The topological polar surface area (TPSA) is 58.6 Å². The van der Waals surface area contributed by atoms with E-state index in [0.717, 1.165) is 44.1 Å². The highest BCUT2D eigenvalue weighted by atomic mass is 16.5. The Labute approximate surface area is 145 Å². The molecule has 5 nitrogen and oxygen atoms in total. The number of esters is 1. The fraction of sp³-hybridized carbons (Fsp3) is 0.895.